The molecular weight excluding hydrogens is 394 g/mol. The summed E-state index contributed by atoms with van der Waals surface area (Å²) in [6.07, 6.45) is 1.53. The van der Waals surface area contributed by atoms with E-state index in [2.05, 4.69) is 15.3 Å². The van der Waals surface area contributed by atoms with Gasteiger partial charge < -0.3 is 15.1 Å². The summed E-state index contributed by atoms with van der Waals surface area (Å²) in [5.41, 5.74) is 1.68. The number of carbonyl (C=O) groups is 2. The van der Waals surface area contributed by atoms with Gasteiger partial charge in [0.15, 0.2) is 0 Å². The van der Waals surface area contributed by atoms with Gasteiger partial charge in [-0.2, -0.15) is 0 Å². The normalized spacial score (nSPS) is 14.3. The third kappa shape index (κ3) is 4.26. The summed E-state index contributed by atoms with van der Waals surface area (Å²) in [5.74, 6) is 0.400. The van der Waals surface area contributed by atoms with E-state index in [0.29, 0.717) is 31.9 Å². The van der Waals surface area contributed by atoms with Crippen molar-refractivity contribution in [2.75, 3.05) is 37.2 Å². The number of thioether (sulfide) groups is 1. The Morgan fingerprint density at radius 2 is 1.79 bits per heavy atom. The number of rotatable bonds is 4. The standard InChI is InChI=1S/C19H19N5O2S2/c25-16(12-28-18-17-15(6-11-27-17)20-13-21-18)23-7-9-24(10-8-23)19(26)22-14-4-2-1-3-5-14/h1-6,11,13H,7-10,12H2,(H,22,26). The van der Waals surface area contributed by atoms with Crippen LogP contribution >= 0.6 is 23.1 Å². The lowest BCUT2D eigenvalue weighted by Crippen LogP contribution is -2.52. The Labute approximate surface area is 170 Å². The Hall–Kier alpha value is -2.65. The molecule has 0 aliphatic carbocycles. The first-order valence-electron chi connectivity index (χ1n) is 8.90. The number of thiophene rings is 1. The van der Waals surface area contributed by atoms with Gasteiger partial charge in [0.25, 0.3) is 0 Å². The average Bonchev–Trinajstić information content (AvgIpc) is 3.22. The summed E-state index contributed by atoms with van der Waals surface area (Å²) in [5, 5.41) is 5.70. The SMILES string of the molecule is O=C(CSc1ncnc2ccsc12)N1CCN(C(=O)Nc2ccccc2)CC1. The van der Waals surface area contributed by atoms with Crippen LogP contribution in [0.2, 0.25) is 0 Å². The Balaban J connectivity index is 1.27. The molecule has 0 atom stereocenters. The van der Waals surface area contributed by atoms with Crippen LogP contribution in [0.1, 0.15) is 0 Å². The second-order valence-electron chi connectivity index (χ2n) is 6.27. The molecule has 2 aromatic heterocycles. The van der Waals surface area contributed by atoms with Crippen molar-refractivity contribution in [2.24, 2.45) is 0 Å². The van der Waals surface area contributed by atoms with Gasteiger partial charge in [-0.3, -0.25) is 4.79 Å². The van der Waals surface area contributed by atoms with Gasteiger partial charge in [-0.25, -0.2) is 14.8 Å². The van der Waals surface area contributed by atoms with Crippen molar-refractivity contribution >= 4 is 50.9 Å². The predicted octanol–water partition coefficient (Wildman–Crippen LogP) is 3.16. The highest BCUT2D eigenvalue weighted by molar-refractivity contribution is 8.00. The number of hydrogen-bond donors (Lipinski definition) is 1. The highest BCUT2D eigenvalue weighted by atomic mass is 32.2. The van der Waals surface area contributed by atoms with Crippen LogP contribution in [0.15, 0.2) is 53.1 Å². The monoisotopic (exact) mass is 413 g/mol. The van der Waals surface area contributed by atoms with E-state index in [1.54, 1.807) is 16.2 Å². The van der Waals surface area contributed by atoms with Crippen LogP contribution in [0.25, 0.3) is 10.2 Å². The van der Waals surface area contributed by atoms with Crippen molar-refractivity contribution < 1.29 is 9.59 Å². The highest BCUT2D eigenvalue weighted by Gasteiger charge is 2.24. The van der Waals surface area contributed by atoms with Crippen LogP contribution in [-0.2, 0) is 4.79 Å². The molecule has 28 heavy (non-hydrogen) atoms. The molecule has 4 rings (SSSR count). The molecule has 1 fully saturated rings. The fraction of sp³-hybridized carbons (Fsp3) is 0.263. The Bertz CT molecular complexity index is 971. The van der Waals surface area contributed by atoms with Gasteiger partial charge in [0.05, 0.1) is 16.0 Å². The van der Waals surface area contributed by atoms with Crippen LogP contribution < -0.4 is 5.32 Å². The topological polar surface area (TPSA) is 78.4 Å². The Morgan fingerprint density at radius 1 is 1.04 bits per heavy atom. The lowest BCUT2D eigenvalue weighted by Gasteiger charge is -2.34. The molecule has 1 N–H and O–H groups in total. The average molecular weight is 414 g/mol. The van der Waals surface area contributed by atoms with E-state index in [0.717, 1.165) is 20.9 Å². The molecule has 0 radical (unpaired) electrons. The lowest BCUT2D eigenvalue weighted by molar-refractivity contribution is -0.129. The molecule has 0 bridgehead atoms. The molecule has 9 heteroatoms. The third-order valence-corrected chi connectivity index (χ3v) is 6.50. The van der Waals surface area contributed by atoms with Crippen LogP contribution in [-0.4, -0.2) is 63.6 Å². The number of aromatic nitrogens is 2. The molecule has 3 amide bonds. The minimum atomic E-state index is -0.131. The number of carbonyl (C=O) groups excluding carboxylic acids is 2. The van der Waals surface area contributed by atoms with E-state index in [9.17, 15) is 9.59 Å². The second-order valence-corrected chi connectivity index (χ2v) is 8.15. The zero-order valence-electron chi connectivity index (χ0n) is 15.1. The van der Waals surface area contributed by atoms with E-state index in [-0.39, 0.29) is 11.9 Å². The number of amides is 3. The van der Waals surface area contributed by atoms with Crippen LogP contribution in [0.3, 0.4) is 0 Å². The van der Waals surface area contributed by atoms with Crippen molar-refractivity contribution in [3.8, 4) is 0 Å². The Kier molecular flexibility index (Phi) is 5.73. The number of hydrogen-bond acceptors (Lipinski definition) is 6. The molecular formula is C19H19N5O2S2. The minimum Gasteiger partial charge on any atom is -0.338 e. The molecule has 0 unspecified atom stereocenters. The minimum absolute atomic E-state index is 0.0661. The molecule has 3 aromatic rings. The molecule has 1 aromatic carbocycles. The summed E-state index contributed by atoms with van der Waals surface area (Å²) >= 11 is 3.02. The largest absolute Gasteiger partial charge is 0.338 e. The number of nitrogens with one attached hydrogen (secondary N) is 1. The van der Waals surface area contributed by atoms with Gasteiger partial charge in [-0.15, -0.1) is 11.3 Å². The number of fused-ring (bicyclic) bond motifs is 1. The molecule has 0 saturated carbocycles. The number of urea groups is 1. The maximum absolute atomic E-state index is 12.6. The summed E-state index contributed by atoms with van der Waals surface area (Å²) in [6, 6.07) is 11.2. The van der Waals surface area contributed by atoms with Gasteiger partial charge >= 0.3 is 6.03 Å². The van der Waals surface area contributed by atoms with Gasteiger partial charge in [0, 0.05) is 31.9 Å². The summed E-state index contributed by atoms with van der Waals surface area (Å²) in [7, 11) is 0. The van der Waals surface area contributed by atoms with Crippen LogP contribution in [0.5, 0.6) is 0 Å². The fourth-order valence-electron chi connectivity index (χ4n) is 2.97. The number of anilines is 1. The van der Waals surface area contributed by atoms with E-state index >= 15 is 0 Å². The van der Waals surface area contributed by atoms with Gasteiger partial charge in [0.2, 0.25) is 5.91 Å². The predicted molar refractivity (Wildman–Crippen MR) is 112 cm³/mol. The summed E-state index contributed by atoms with van der Waals surface area (Å²) in [4.78, 5) is 37.0. The molecule has 7 nitrogen and oxygen atoms in total. The summed E-state index contributed by atoms with van der Waals surface area (Å²) in [6.45, 7) is 2.13. The van der Waals surface area contributed by atoms with Crippen LogP contribution in [0, 0.1) is 0 Å². The van der Waals surface area contributed by atoms with Crippen molar-refractivity contribution in [3.05, 3.63) is 48.1 Å². The van der Waals surface area contributed by atoms with Crippen molar-refractivity contribution in [1.29, 1.82) is 0 Å². The van der Waals surface area contributed by atoms with E-state index in [1.165, 1.54) is 18.1 Å². The van der Waals surface area contributed by atoms with Gasteiger partial charge in [-0.1, -0.05) is 30.0 Å². The summed E-state index contributed by atoms with van der Waals surface area (Å²) < 4.78 is 1.02. The van der Waals surface area contributed by atoms with Crippen LogP contribution in [0.4, 0.5) is 10.5 Å². The van der Waals surface area contributed by atoms with Gasteiger partial charge in [-0.05, 0) is 23.6 Å². The molecule has 1 aliphatic rings. The first kappa shape index (κ1) is 18.7. The third-order valence-electron chi connectivity index (χ3n) is 4.49. The molecule has 1 aliphatic heterocycles. The fourth-order valence-corrected chi connectivity index (χ4v) is 4.82. The molecule has 3 heterocycles. The van der Waals surface area contributed by atoms with E-state index < -0.39 is 0 Å². The first-order chi connectivity index (χ1) is 13.7. The van der Waals surface area contributed by atoms with E-state index in [4.69, 9.17) is 0 Å². The van der Waals surface area contributed by atoms with E-state index in [1.807, 2.05) is 46.7 Å². The molecule has 1 saturated heterocycles. The van der Waals surface area contributed by atoms with Gasteiger partial charge in [0.1, 0.15) is 11.4 Å². The lowest BCUT2D eigenvalue weighted by atomic mass is 10.3. The Morgan fingerprint density at radius 3 is 2.57 bits per heavy atom. The second kappa shape index (κ2) is 8.57. The van der Waals surface area contributed by atoms with Crippen molar-refractivity contribution in [1.82, 2.24) is 19.8 Å². The zero-order chi connectivity index (χ0) is 19.3. The number of nitrogens with zero attached hydrogens (tertiary/aromatic N) is 4. The van der Waals surface area contributed by atoms with Crippen molar-refractivity contribution in [2.45, 2.75) is 5.03 Å². The smallest absolute Gasteiger partial charge is 0.321 e. The molecule has 144 valence electrons. The highest BCUT2D eigenvalue weighted by Crippen LogP contribution is 2.28. The van der Waals surface area contributed by atoms with Crippen molar-refractivity contribution in [3.63, 3.8) is 0 Å². The first-order valence-corrected chi connectivity index (χ1v) is 10.8. The number of para-hydroxylation sites is 1. The maximum atomic E-state index is 12.6. The zero-order valence-corrected chi connectivity index (χ0v) is 16.7. The maximum Gasteiger partial charge on any atom is 0.321 e. The number of benzene rings is 1. The number of piperazine rings is 1. The quantitative estimate of drug-likeness (QED) is 0.525. The molecule has 0 spiro atoms.